The molecule has 5 heterocycles. The average molecular weight is 511 g/mol. The minimum absolute atomic E-state index is 0.00370. The first-order valence-corrected chi connectivity index (χ1v) is 13.0. The molecule has 38 heavy (non-hydrogen) atoms. The van der Waals surface area contributed by atoms with Gasteiger partial charge in [-0.3, -0.25) is 9.78 Å². The van der Waals surface area contributed by atoms with Crippen molar-refractivity contribution >= 4 is 27.8 Å². The molecule has 1 atom stereocenters. The molecule has 1 amide bonds. The highest BCUT2D eigenvalue weighted by atomic mass is 19.1. The molecule has 9 heteroatoms. The standard InChI is InChI=1S/C29H27FN6O2/c30-22-15-32-8-7-19(22)16-36-24-6-2-1-4-18(24)13-25(36)28-33-23-12-20(14-26-27(23)35(28)10-11-38-26)29(37)34-9-3-5-21(31)17-34/h1-2,4,6-8,12-15,21H,3,5,9-11,16-17,31H2/t21-/m1/s1. The minimum atomic E-state index is -0.345. The van der Waals surface area contributed by atoms with Gasteiger partial charge in [0.15, 0.2) is 5.82 Å². The van der Waals surface area contributed by atoms with Crippen molar-refractivity contribution in [1.29, 1.82) is 0 Å². The van der Waals surface area contributed by atoms with E-state index in [1.807, 2.05) is 41.3 Å². The van der Waals surface area contributed by atoms with E-state index in [-0.39, 0.29) is 17.8 Å². The number of pyridine rings is 1. The van der Waals surface area contributed by atoms with Crippen LogP contribution in [0.1, 0.15) is 28.8 Å². The van der Waals surface area contributed by atoms with Crippen LogP contribution in [0.15, 0.2) is 60.9 Å². The van der Waals surface area contributed by atoms with Crippen LogP contribution < -0.4 is 10.5 Å². The first-order chi connectivity index (χ1) is 18.6. The molecule has 0 spiro atoms. The zero-order valence-electron chi connectivity index (χ0n) is 20.8. The molecule has 3 aromatic heterocycles. The topological polar surface area (TPSA) is 91.2 Å². The van der Waals surface area contributed by atoms with Gasteiger partial charge in [-0.25, -0.2) is 9.37 Å². The van der Waals surface area contributed by atoms with Crippen molar-refractivity contribution in [3.05, 3.63) is 77.9 Å². The van der Waals surface area contributed by atoms with Crippen LogP contribution >= 0.6 is 0 Å². The number of imidazole rings is 1. The number of benzene rings is 2. The molecule has 0 bridgehead atoms. The molecule has 7 rings (SSSR count). The lowest BCUT2D eigenvalue weighted by Crippen LogP contribution is -2.45. The van der Waals surface area contributed by atoms with Crippen molar-refractivity contribution in [3.8, 4) is 17.3 Å². The summed E-state index contributed by atoms with van der Waals surface area (Å²) in [5.74, 6) is 1.02. The largest absolute Gasteiger partial charge is 0.489 e. The van der Waals surface area contributed by atoms with Crippen LogP contribution in [0, 0.1) is 5.82 Å². The number of amides is 1. The minimum Gasteiger partial charge on any atom is -0.489 e. The van der Waals surface area contributed by atoms with Crippen LogP contribution in [0.2, 0.25) is 0 Å². The number of piperidine rings is 1. The highest BCUT2D eigenvalue weighted by Gasteiger charge is 2.28. The second kappa shape index (κ2) is 8.95. The summed E-state index contributed by atoms with van der Waals surface area (Å²) in [6.07, 6.45) is 4.68. The molecule has 1 fully saturated rings. The van der Waals surface area contributed by atoms with E-state index in [0.717, 1.165) is 40.8 Å². The molecule has 0 aliphatic carbocycles. The molecule has 192 valence electrons. The molecular weight excluding hydrogens is 483 g/mol. The summed E-state index contributed by atoms with van der Waals surface area (Å²) < 4.78 is 24.9. The van der Waals surface area contributed by atoms with Crippen LogP contribution in [0.4, 0.5) is 4.39 Å². The Labute approximate surface area is 218 Å². The van der Waals surface area contributed by atoms with Crippen LogP contribution in [-0.4, -0.2) is 55.6 Å². The van der Waals surface area contributed by atoms with Gasteiger partial charge in [-0.15, -0.1) is 0 Å². The normalized spacial score (nSPS) is 17.2. The first-order valence-electron chi connectivity index (χ1n) is 13.0. The fourth-order valence-electron chi connectivity index (χ4n) is 5.77. The summed E-state index contributed by atoms with van der Waals surface area (Å²) in [4.78, 5) is 24.1. The number of carbonyl (C=O) groups is 1. The van der Waals surface area contributed by atoms with Crippen LogP contribution in [0.25, 0.3) is 33.5 Å². The first kappa shape index (κ1) is 22.9. The number of nitrogens with two attached hydrogens (primary N) is 1. The third-order valence-electron chi connectivity index (χ3n) is 7.60. The summed E-state index contributed by atoms with van der Waals surface area (Å²) in [6, 6.07) is 15.5. The van der Waals surface area contributed by atoms with E-state index in [2.05, 4.69) is 20.2 Å². The number of para-hydroxylation sites is 1. The predicted octanol–water partition coefficient (Wildman–Crippen LogP) is 4.20. The van der Waals surface area contributed by atoms with Gasteiger partial charge >= 0.3 is 0 Å². The van der Waals surface area contributed by atoms with Crippen molar-refractivity contribution in [3.63, 3.8) is 0 Å². The average Bonchev–Trinajstić information content (AvgIpc) is 3.49. The van der Waals surface area contributed by atoms with E-state index >= 15 is 0 Å². The molecule has 5 aromatic rings. The van der Waals surface area contributed by atoms with Gasteiger partial charge in [0.05, 0.1) is 30.5 Å². The summed E-state index contributed by atoms with van der Waals surface area (Å²) in [7, 11) is 0. The summed E-state index contributed by atoms with van der Waals surface area (Å²) in [5, 5.41) is 1.04. The van der Waals surface area contributed by atoms with Gasteiger partial charge in [-0.2, -0.15) is 0 Å². The Morgan fingerprint density at radius 1 is 1.16 bits per heavy atom. The fourth-order valence-corrected chi connectivity index (χ4v) is 5.77. The number of nitrogens with zero attached hydrogens (tertiary/aromatic N) is 5. The number of hydrogen-bond donors (Lipinski definition) is 1. The van der Waals surface area contributed by atoms with Gasteiger partial charge in [0.25, 0.3) is 5.91 Å². The van der Waals surface area contributed by atoms with Gasteiger partial charge in [-0.05, 0) is 43.2 Å². The molecule has 8 nitrogen and oxygen atoms in total. The van der Waals surface area contributed by atoms with Crippen LogP contribution in [0.3, 0.4) is 0 Å². The Balaban J connectivity index is 1.37. The number of carbonyl (C=O) groups excluding carboxylic acids is 1. The highest BCUT2D eigenvalue weighted by Crippen LogP contribution is 2.37. The fraction of sp³-hybridized carbons (Fsp3) is 0.276. The number of fused-ring (bicyclic) bond motifs is 1. The van der Waals surface area contributed by atoms with E-state index in [4.69, 9.17) is 15.5 Å². The Kier molecular flexibility index (Phi) is 5.40. The van der Waals surface area contributed by atoms with Crippen molar-refractivity contribution in [1.82, 2.24) is 24.0 Å². The highest BCUT2D eigenvalue weighted by molar-refractivity contribution is 6.00. The van der Waals surface area contributed by atoms with Gasteiger partial charge in [-0.1, -0.05) is 18.2 Å². The molecule has 2 aliphatic rings. The number of ether oxygens (including phenoxy) is 1. The van der Waals surface area contributed by atoms with Gasteiger partial charge in [0.2, 0.25) is 0 Å². The van der Waals surface area contributed by atoms with Gasteiger partial charge in [0.1, 0.15) is 23.7 Å². The van der Waals surface area contributed by atoms with Crippen molar-refractivity contribution in [2.75, 3.05) is 19.7 Å². The zero-order chi connectivity index (χ0) is 25.8. The molecule has 2 N–H and O–H groups in total. The summed E-state index contributed by atoms with van der Waals surface area (Å²) >= 11 is 0. The second-order valence-electron chi connectivity index (χ2n) is 10.1. The Morgan fingerprint density at radius 2 is 2.05 bits per heavy atom. The van der Waals surface area contributed by atoms with E-state index < -0.39 is 0 Å². The maximum atomic E-state index is 14.6. The van der Waals surface area contributed by atoms with E-state index in [1.54, 1.807) is 12.3 Å². The maximum absolute atomic E-state index is 14.6. The van der Waals surface area contributed by atoms with Gasteiger partial charge < -0.3 is 24.5 Å². The van der Waals surface area contributed by atoms with Crippen molar-refractivity contribution in [2.45, 2.75) is 32.0 Å². The summed E-state index contributed by atoms with van der Waals surface area (Å²) in [5.41, 5.74) is 10.7. The SMILES string of the molecule is N[C@@H]1CCCN(C(=O)c2cc3c4c(c2)nc(-c2cc5ccccc5n2Cc2ccncc2F)n4CCO3)C1. The maximum Gasteiger partial charge on any atom is 0.254 e. The Morgan fingerprint density at radius 3 is 2.92 bits per heavy atom. The number of rotatable bonds is 4. The van der Waals surface area contributed by atoms with Crippen LogP contribution in [-0.2, 0) is 13.1 Å². The van der Waals surface area contributed by atoms with Crippen molar-refractivity contribution in [2.24, 2.45) is 5.73 Å². The third-order valence-corrected chi connectivity index (χ3v) is 7.60. The predicted molar refractivity (Wildman–Crippen MR) is 143 cm³/mol. The van der Waals surface area contributed by atoms with E-state index in [1.165, 1.54) is 6.20 Å². The summed E-state index contributed by atoms with van der Waals surface area (Å²) in [6.45, 7) is 2.68. The number of aromatic nitrogens is 4. The second-order valence-corrected chi connectivity index (χ2v) is 10.1. The quantitative estimate of drug-likeness (QED) is 0.391. The molecule has 2 aromatic carbocycles. The van der Waals surface area contributed by atoms with Crippen LogP contribution in [0.5, 0.6) is 5.75 Å². The van der Waals surface area contributed by atoms with Gasteiger partial charge in [0, 0.05) is 47.4 Å². The molecule has 0 radical (unpaired) electrons. The molecule has 0 saturated carbocycles. The smallest absolute Gasteiger partial charge is 0.254 e. The zero-order valence-corrected chi connectivity index (χ0v) is 20.8. The van der Waals surface area contributed by atoms with E-state index in [9.17, 15) is 9.18 Å². The monoisotopic (exact) mass is 510 g/mol. The Hall–Kier alpha value is -4.24. The number of halogens is 1. The lowest BCUT2D eigenvalue weighted by molar-refractivity contribution is 0.0708. The number of hydrogen-bond acceptors (Lipinski definition) is 5. The third kappa shape index (κ3) is 3.73. The van der Waals surface area contributed by atoms with Crippen molar-refractivity contribution < 1.29 is 13.9 Å². The lowest BCUT2D eigenvalue weighted by atomic mass is 10.0. The molecule has 2 aliphatic heterocycles. The number of likely N-dealkylation sites (tertiary alicyclic amines) is 1. The molecular formula is C29H27FN6O2. The lowest BCUT2D eigenvalue weighted by Gasteiger charge is -2.31. The molecule has 1 saturated heterocycles. The molecule has 0 unspecified atom stereocenters. The van der Waals surface area contributed by atoms with E-state index in [0.29, 0.717) is 55.2 Å². The Bertz CT molecular complexity index is 1710.